The Kier molecular flexibility index (Phi) is 3.92. The molecule has 0 aliphatic heterocycles. The molecular formula is C16H19N5. The third-order valence-corrected chi connectivity index (χ3v) is 3.56. The molecule has 0 bridgehead atoms. The van der Waals surface area contributed by atoms with E-state index >= 15 is 0 Å². The summed E-state index contributed by atoms with van der Waals surface area (Å²) in [7, 11) is 2.01. The summed E-state index contributed by atoms with van der Waals surface area (Å²) in [5.74, 6) is 0.988. The van der Waals surface area contributed by atoms with Gasteiger partial charge in [-0.05, 0) is 19.0 Å². The molecule has 0 saturated heterocycles. The number of nitrogens with one attached hydrogen (secondary N) is 1. The number of para-hydroxylation sites is 1. The molecular weight excluding hydrogens is 262 g/mol. The van der Waals surface area contributed by atoms with Gasteiger partial charge in [0.15, 0.2) is 0 Å². The number of fused-ring (bicyclic) bond motifs is 1. The summed E-state index contributed by atoms with van der Waals surface area (Å²) in [5, 5.41) is 3.57. The predicted molar refractivity (Wildman–Crippen MR) is 82.9 cm³/mol. The molecule has 5 heteroatoms. The van der Waals surface area contributed by atoms with E-state index in [9.17, 15) is 0 Å². The molecule has 0 spiro atoms. The van der Waals surface area contributed by atoms with Gasteiger partial charge in [-0.25, -0.2) is 4.98 Å². The van der Waals surface area contributed by atoms with Gasteiger partial charge in [-0.2, -0.15) is 0 Å². The first-order chi connectivity index (χ1) is 10.3. The van der Waals surface area contributed by atoms with Gasteiger partial charge in [-0.1, -0.05) is 19.1 Å². The molecule has 0 radical (unpaired) electrons. The van der Waals surface area contributed by atoms with Crippen LogP contribution in [-0.4, -0.2) is 26.1 Å². The fourth-order valence-corrected chi connectivity index (χ4v) is 2.53. The summed E-state index contributed by atoms with van der Waals surface area (Å²) >= 11 is 0. The Labute approximate surface area is 124 Å². The molecule has 3 aromatic rings. The quantitative estimate of drug-likeness (QED) is 0.780. The van der Waals surface area contributed by atoms with E-state index in [1.54, 1.807) is 12.4 Å². The normalized spacial score (nSPS) is 12.7. The van der Waals surface area contributed by atoms with Crippen LogP contribution < -0.4 is 5.32 Å². The second-order valence-corrected chi connectivity index (χ2v) is 5.05. The molecule has 0 aliphatic rings. The third kappa shape index (κ3) is 2.64. The lowest BCUT2D eigenvalue weighted by Crippen LogP contribution is -2.26. The molecule has 3 rings (SSSR count). The van der Waals surface area contributed by atoms with Crippen LogP contribution in [0.3, 0.4) is 0 Å². The summed E-state index contributed by atoms with van der Waals surface area (Å²) < 4.78 is 2.04. The van der Waals surface area contributed by atoms with Crippen molar-refractivity contribution in [2.24, 2.45) is 7.05 Å². The molecule has 21 heavy (non-hydrogen) atoms. The van der Waals surface area contributed by atoms with Crippen LogP contribution in [0.4, 0.5) is 0 Å². The highest BCUT2D eigenvalue weighted by atomic mass is 15.1. The van der Waals surface area contributed by atoms with Gasteiger partial charge in [0.1, 0.15) is 5.82 Å². The monoisotopic (exact) mass is 281 g/mol. The van der Waals surface area contributed by atoms with Crippen LogP contribution in [0.2, 0.25) is 0 Å². The first kappa shape index (κ1) is 13.7. The largest absolute Gasteiger partial charge is 0.336 e. The van der Waals surface area contributed by atoms with Crippen molar-refractivity contribution in [3.05, 3.63) is 54.4 Å². The van der Waals surface area contributed by atoms with Crippen molar-refractivity contribution in [2.45, 2.75) is 19.4 Å². The van der Waals surface area contributed by atoms with Crippen molar-refractivity contribution < 1.29 is 0 Å². The van der Waals surface area contributed by atoms with E-state index in [1.165, 1.54) is 0 Å². The zero-order valence-corrected chi connectivity index (χ0v) is 12.3. The summed E-state index contributed by atoms with van der Waals surface area (Å²) in [5.41, 5.74) is 2.95. The van der Waals surface area contributed by atoms with Gasteiger partial charge in [0, 0.05) is 37.4 Å². The van der Waals surface area contributed by atoms with Crippen LogP contribution in [0.5, 0.6) is 0 Å². The van der Waals surface area contributed by atoms with E-state index in [0.717, 1.165) is 35.4 Å². The van der Waals surface area contributed by atoms with Crippen LogP contribution in [0.1, 0.15) is 30.8 Å². The maximum atomic E-state index is 4.51. The fraction of sp³-hybridized carbons (Fsp3) is 0.312. The van der Waals surface area contributed by atoms with Crippen molar-refractivity contribution in [2.75, 3.05) is 6.54 Å². The number of imidazole rings is 1. The Morgan fingerprint density at radius 3 is 2.76 bits per heavy atom. The number of hydrogen-bond donors (Lipinski definition) is 1. The van der Waals surface area contributed by atoms with Gasteiger partial charge < -0.3 is 9.88 Å². The summed E-state index contributed by atoms with van der Waals surface area (Å²) in [6.45, 7) is 3.08. The minimum absolute atomic E-state index is 0.0188. The minimum atomic E-state index is 0.0188. The lowest BCUT2D eigenvalue weighted by molar-refractivity contribution is 0.558. The van der Waals surface area contributed by atoms with E-state index in [2.05, 4.69) is 33.3 Å². The van der Waals surface area contributed by atoms with E-state index in [-0.39, 0.29) is 6.04 Å². The summed E-state index contributed by atoms with van der Waals surface area (Å²) in [6, 6.07) is 6.13. The third-order valence-electron chi connectivity index (χ3n) is 3.56. The molecule has 5 nitrogen and oxygen atoms in total. The first-order valence-corrected chi connectivity index (χ1v) is 7.21. The lowest BCUT2D eigenvalue weighted by atomic mass is 10.0. The Hall–Kier alpha value is -2.27. The fourth-order valence-electron chi connectivity index (χ4n) is 2.53. The molecule has 1 N–H and O–H groups in total. The summed E-state index contributed by atoms with van der Waals surface area (Å²) in [6.07, 6.45) is 8.32. The maximum Gasteiger partial charge on any atom is 0.130 e. The van der Waals surface area contributed by atoms with Crippen LogP contribution >= 0.6 is 0 Å². The molecule has 0 amide bonds. The van der Waals surface area contributed by atoms with Crippen LogP contribution in [0.25, 0.3) is 11.0 Å². The standard InChI is InChI=1S/C16H19N5/c1-3-7-18-15(16-20-10-11-21(16)2)12-5-4-6-13-14(12)19-9-8-17-13/h4-6,8-11,15,18H,3,7H2,1-2H3. The highest BCUT2D eigenvalue weighted by Gasteiger charge is 2.20. The van der Waals surface area contributed by atoms with Crippen LogP contribution in [0, 0.1) is 0 Å². The van der Waals surface area contributed by atoms with Crippen molar-refractivity contribution in [1.29, 1.82) is 0 Å². The average Bonchev–Trinajstić information content (AvgIpc) is 2.94. The highest BCUT2D eigenvalue weighted by Crippen LogP contribution is 2.25. The SMILES string of the molecule is CCCNC(c1cccc2nccnc12)c1nccn1C. The van der Waals surface area contributed by atoms with Crippen molar-refractivity contribution >= 4 is 11.0 Å². The topological polar surface area (TPSA) is 55.6 Å². The predicted octanol–water partition coefficient (Wildman–Crippen LogP) is 2.45. The highest BCUT2D eigenvalue weighted by molar-refractivity contribution is 5.78. The Bertz CT molecular complexity index is 729. The zero-order chi connectivity index (χ0) is 14.7. The molecule has 0 aliphatic carbocycles. The molecule has 1 aromatic carbocycles. The lowest BCUT2D eigenvalue weighted by Gasteiger charge is -2.19. The number of aryl methyl sites for hydroxylation is 1. The number of benzene rings is 1. The Balaban J connectivity index is 2.12. The van der Waals surface area contributed by atoms with Gasteiger partial charge in [-0.15, -0.1) is 0 Å². The molecule has 2 heterocycles. The number of nitrogens with zero attached hydrogens (tertiary/aromatic N) is 4. The van der Waals surface area contributed by atoms with E-state index in [1.807, 2.05) is 36.1 Å². The van der Waals surface area contributed by atoms with Crippen molar-refractivity contribution in [1.82, 2.24) is 24.8 Å². The van der Waals surface area contributed by atoms with Gasteiger partial charge in [0.05, 0.1) is 17.1 Å². The number of rotatable bonds is 5. The smallest absolute Gasteiger partial charge is 0.130 e. The van der Waals surface area contributed by atoms with Gasteiger partial charge >= 0.3 is 0 Å². The molecule has 108 valence electrons. The Morgan fingerprint density at radius 1 is 1.14 bits per heavy atom. The second-order valence-electron chi connectivity index (χ2n) is 5.05. The van der Waals surface area contributed by atoms with Gasteiger partial charge in [0.25, 0.3) is 0 Å². The van der Waals surface area contributed by atoms with Gasteiger partial charge in [0.2, 0.25) is 0 Å². The van der Waals surface area contributed by atoms with Crippen molar-refractivity contribution in [3.63, 3.8) is 0 Å². The zero-order valence-electron chi connectivity index (χ0n) is 12.3. The molecule has 1 atom stereocenters. The molecule has 2 aromatic heterocycles. The number of aromatic nitrogens is 4. The summed E-state index contributed by atoms with van der Waals surface area (Å²) in [4.78, 5) is 13.4. The molecule has 0 fully saturated rings. The Morgan fingerprint density at radius 2 is 2.00 bits per heavy atom. The number of hydrogen-bond acceptors (Lipinski definition) is 4. The molecule has 0 saturated carbocycles. The molecule has 1 unspecified atom stereocenters. The second kappa shape index (κ2) is 6.01. The van der Waals surface area contributed by atoms with Gasteiger partial charge in [-0.3, -0.25) is 9.97 Å². The van der Waals surface area contributed by atoms with E-state index in [4.69, 9.17) is 0 Å². The minimum Gasteiger partial charge on any atom is -0.336 e. The average molecular weight is 281 g/mol. The first-order valence-electron chi connectivity index (χ1n) is 7.21. The van der Waals surface area contributed by atoms with Crippen LogP contribution in [-0.2, 0) is 7.05 Å². The van der Waals surface area contributed by atoms with Crippen molar-refractivity contribution in [3.8, 4) is 0 Å². The van der Waals surface area contributed by atoms with E-state index in [0.29, 0.717) is 0 Å². The van der Waals surface area contributed by atoms with Crippen LogP contribution in [0.15, 0.2) is 43.0 Å². The maximum absolute atomic E-state index is 4.51. The van der Waals surface area contributed by atoms with E-state index < -0.39 is 0 Å².